The maximum absolute atomic E-state index is 13.8. The molecule has 0 aliphatic heterocycles. The molecule has 1 atom stereocenters. The highest BCUT2D eigenvalue weighted by Crippen LogP contribution is 2.24. The summed E-state index contributed by atoms with van der Waals surface area (Å²) >= 11 is 1.39. The van der Waals surface area contributed by atoms with Gasteiger partial charge in [-0.3, -0.25) is 4.79 Å². The molecule has 0 saturated carbocycles. The Morgan fingerprint density at radius 1 is 1.10 bits per heavy atom. The van der Waals surface area contributed by atoms with Gasteiger partial charge in [0.25, 0.3) is 5.91 Å². The van der Waals surface area contributed by atoms with E-state index in [0.29, 0.717) is 28.5 Å². The highest BCUT2D eigenvalue weighted by molar-refractivity contribution is 7.98. The molecule has 1 unspecified atom stereocenters. The Labute approximate surface area is 181 Å². The lowest BCUT2D eigenvalue weighted by molar-refractivity contribution is 0.0933. The Morgan fingerprint density at radius 2 is 1.84 bits per heavy atom. The zero-order valence-corrected chi connectivity index (χ0v) is 17.6. The predicted octanol–water partition coefficient (Wildman–Crippen LogP) is 3.79. The Morgan fingerprint density at radius 3 is 2.61 bits per heavy atom. The van der Waals surface area contributed by atoms with Gasteiger partial charge in [0.2, 0.25) is 11.8 Å². The molecule has 2 aromatic heterocycles. The molecular weight excluding hydrogens is 419 g/mol. The summed E-state index contributed by atoms with van der Waals surface area (Å²) in [5.74, 6) is 0.802. The van der Waals surface area contributed by atoms with E-state index in [1.807, 2.05) is 30.3 Å². The minimum Gasteiger partial charge on any atom is -0.420 e. The largest absolute Gasteiger partial charge is 0.420 e. The zero-order valence-electron chi connectivity index (χ0n) is 16.8. The third-order valence-corrected chi connectivity index (χ3v) is 5.54. The fourth-order valence-electron chi connectivity index (χ4n) is 2.95. The summed E-state index contributed by atoms with van der Waals surface area (Å²) in [5.41, 5.74) is 0.836. The number of aromatic nitrogens is 5. The molecule has 0 spiro atoms. The third kappa shape index (κ3) is 4.64. The van der Waals surface area contributed by atoms with Crippen LogP contribution in [0, 0.1) is 5.82 Å². The summed E-state index contributed by atoms with van der Waals surface area (Å²) in [4.78, 5) is 12.4. The van der Waals surface area contributed by atoms with Gasteiger partial charge in [0.1, 0.15) is 5.82 Å². The first kappa shape index (κ1) is 20.7. The number of rotatable bonds is 7. The molecular formula is C21H19FN6O2S. The van der Waals surface area contributed by atoms with Crippen molar-refractivity contribution in [1.29, 1.82) is 0 Å². The minimum absolute atomic E-state index is 0.0169. The molecule has 1 N–H and O–H groups in total. The van der Waals surface area contributed by atoms with Crippen molar-refractivity contribution in [3.05, 3.63) is 77.7 Å². The second kappa shape index (κ2) is 9.09. The fourth-order valence-corrected chi connectivity index (χ4v) is 3.70. The summed E-state index contributed by atoms with van der Waals surface area (Å²) in [6.45, 7) is 1.77. The Balaban J connectivity index is 1.40. The van der Waals surface area contributed by atoms with Gasteiger partial charge in [-0.2, -0.15) is 0 Å². The van der Waals surface area contributed by atoms with Crippen molar-refractivity contribution in [1.82, 2.24) is 30.3 Å². The SMILES string of the molecule is CC(NC(=O)c1ccccc1F)c1nnc(SCc2nnc(-c3ccccc3)o2)n1C. The van der Waals surface area contributed by atoms with E-state index in [1.54, 1.807) is 24.6 Å². The first-order valence-corrected chi connectivity index (χ1v) is 10.5. The lowest BCUT2D eigenvalue weighted by atomic mass is 10.2. The van der Waals surface area contributed by atoms with Crippen molar-refractivity contribution in [2.24, 2.45) is 7.05 Å². The Bertz CT molecular complexity index is 1190. The summed E-state index contributed by atoms with van der Waals surface area (Å²) in [6.07, 6.45) is 0. The maximum Gasteiger partial charge on any atom is 0.254 e. The van der Waals surface area contributed by atoms with Crippen LogP contribution in [0.25, 0.3) is 11.5 Å². The molecule has 0 aliphatic rings. The molecule has 10 heteroatoms. The summed E-state index contributed by atoms with van der Waals surface area (Å²) in [5, 5.41) is 19.9. The van der Waals surface area contributed by atoms with Gasteiger partial charge in [0, 0.05) is 12.6 Å². The Hall–Kier alpha value is -3.53. The topological polar surface area (TPSA) is 98.7 Å². The monoisotopic (exact) mass is 438 g/mol. The lowest BCUT2D eigenvalue weighted by Gasteiger charge is -2.13. The average Bonchev–Trinajstić information content (AvgIpc) is 3.40. The quantitative estimate of drug-likeness (QED) is 0.438. The van der Waals surface area contributed by atoms with E-state index in [1.165, 1.54) is 30.0 Å². The normalized spacial score (nSPS) is 12.0. The average molecular weight is 438 g/mol. The first-order chi connectivity index (χ1) is 15.0. The van der Waals surface area contributed by atoms with Gasteiger partial charge >= 0.3 is 0 Å². The number of halogens is 1. The van der Waals surface area contributed by atoms with Crippen molar-refractivity contribution in [2.45, 2.75) is 23.9 Å². The van der Waals surface area contributed by atoms with Crippen LogP contribution in [-0.2, 0) is 12.8 Å². The molecule has 0 bridgehead atoms. The molecule has 0 aliphatic carbocycles. The van der Waals surface area contributed by atoms with E-state index in [2.05, 4.69) is 25.7 Å². The van der Waals surface area contributed by atoms with Gasteiger partial charge in [0.15, 0.2) is 11.0 Å². The van der Waals surface area contributed by atoms with Crippen molar-refractivity contribution < 1.29 is 13.6 Å². The minimum atomic E-state index is -0.573. The number of amides is 1. The highest BCUT2D eigenvalue weighted by Gasteiger charge is 2.20. The second-order valence-electron chi connectivity index (χ2n) is 6.73. The molecule has 158 valence electrons. The van der Waals surface area contributed by atoms with Gasteiger partial charge in [-0.05, 0) is 31.2 Å². The molecule has 0 radical (unpaired) electrons. The molecule has 4 rings (SSSR count). The number of nitrogens with one attached hydrogen (secondary N) is 1. The number of thioether (sulfide) groups is 1. The van der Waals surface area contributed by atoms with Crippen molar-refractivity contribution in [3.8, 4) is 11.5 Å². The first-order valence-electron chi connectivity index (χ1n) is 9.48. The number of nitrogens with zero attached hydrogens (tertiary/aromatic N) is 5. The van der Waals surface area contributed by atoms with Crippen LogP contribution in [0.5, 0.6) is 0 Å². The molecule has 4 aromatic rings. The van der Waals surface area contributed by atoms with Gasteiger partial charge in [-0.25, -0.2) is 4.39 Å². The highest BCUT2D eigenvalue weighted by atomic mass is 32.2. The molecule has 31 heavy (non-hydrogen) atoms. The van der Waals surface area contributed by atoms with Crippen molar-refractivity contribution in [3.63, 3.8) is 0 Å². The van der Waals surface area contributed by atoms with Crippen LogP contribution in [0.3, 0.4) is 0 Å². The maximum atomic E-state index is 13.8. The number of hydrogen-bond acceptors (Lipinski definition) is 7. The van der Waals surface area contributed by atoms with Gasteiger partial charge in [-0.15, -0.1) is 20.4 Å². The van der Waals surface area contributed by atoms with Crippen LogP contribution in [0.4, 0.5) is 4.39 Å². The molecule has 2 heterocycles. The third-order valence-electron chi connectivity index (χ3n) is 4.53. The smallest absolute Gasteiger partial charge is 0.254 e. The van der Waals surface area contributed by atoms with Crippen LogP contribution in [0.15, 0.2) is 64.2 Å². The van der Waals surface area contributed by atoms with E-state index < -0.39 is 17.8 Å². The van der Waals surface area contributed by atoms with Crippen LogP contribution in [0.1, 0.15) is 35.0 Å². The van der Waals surface area contributed by atoms with E-state index >= 15 is 0 Å². The van der Waals surface area contributed by atoms with E-state index in [-0.39, 0.29) is 5.56 Å². The number of carbonyl (C=O) groups excluding carboxylic acids is 1. The fraction of sp³-hybridized carbons (Fsp3) is 0.190. The second-order valence-corrected chi connectivity index (χ2v) is 7.67. The van der Waals surface area contributed by atoms with Crippen LogP contribution in [-0.4, -0.2) is 30.9 Å². The Kier molecular flexibility index (Phi) is 6.08. The predicted molar refractivity (Wildman–Crippen MR) is 113 cm³/mol. The van der Waals surface area contributed by atoms with E-state index in [0.717, 1.165) is 5.56 Å². The molecule has 1 amide bonds. The molecule has 2 aromatic carbocycles. The van der Waals surface area contributed by atoms with Crippen LogP contribution in [0.2, 0.25) is 0 Å². The zero-order chi connectivity index (χ0) is 21.8. The number of benzene rings is 2. The van der Waals surface area contributed by atoms with E-state index in [9.17, 15) is 9.18 Å². The molecule has 0 fully saturated rings. The van der Waals surface area contributed by atoms with Gasteiger partial charge < -0.3 is 14.3 Å². The standard InChI is InChI=1S/C21H19FN6O2S/c1-13(23-19(29)15-10-6-7-11-16(15)22)18-25-27-21(28(18)2)31-12-17-24-26-20(30-17)14-8-4-3-5-9-14/h3-11,13H,12H2,1-2H3,(H,23,29). The van der Waals surface area contributed by atoms with Crippen LogP contribution >= 0.6 is 11.8 Å². The van der Waals surface area contributed by atoms with Crippen molar-refractivity contribution in [2.75, 3.05) is 0 Å². The van der Waals surface area contributed by atoms with Crippen molar-refractivity contribution >= 4 is 17.7 Å². The summed E-state index contributed by atoms with van der Waals surface area (Å²) in [7, 11) is 1.80. The molecule has 8 nitrogen and oxygen atoms in total. The lowest BCUT2D eigenvalue weighted by Crippen LogP contribution is -2.29. The number of carbonyl (C=O) groups is 1. The van der Waals surface area contributed by atoms with Crippen LogP contribution < -0.4 is 5.32 Å². The van der Waals surface area contributed by atoms with Gasteiger partial charge in [-0.1, -0.05) is 42.1 Å². The summed E-state index contributed by atoms with van der Waals surface area (Å²) in [6, 6.07) is 14.9. The summed E-state index contributed by atoms with van der Waals surface area (Å²) < 4.78 is 21.3. The van der Waals surface area contributed by atoms with E-state index in [4.69, 9.17) is 4.42 Å². The van der Waals surface area contributed by atoms with Gasteiger partial charge in [0.05, 0.1) is 17.4 Å². The molecule has 0 saturated heterocycles. The number of hydrogen-bond donors (Lipinski definition) is 1.